The second kappa shape index (κ2) is 8.53. The van der Waals surface area contributed by atoms with Crippen molar-refractivity contribution in [2.24, 2.45) is 0 Å². The fourth-order valence-corrected chi connectivity index (χ4v) is 2.84. The van der Waals surface area contributed by atoms with E-state index in [0.29, 0.717) is 28.8 Å². The number of hydrogen-bond donors (Lipinski definition) is 2. The van der Waals surface area contributed by atoms with Crippen LogP contribution in [-0.4, -0.2) is 21.5 Å². The molecule has 0 bridgehead atoms. The number of para-hydroxylation sites is 2. The molecule has 2 N–H and O–H groups in total. The van der Waals surface area contributed by atoms with E-state index < -0.39 is 4.92 Å². The summed E-state index contributed by atoms with van der Waals surface area (Å²) >= 11 is 5.97. The molecule has 0 saturated carbocycles. The maximum Gasteiger partial charge on any atom is 0.353 e. The zero-order valence-corrected chi connectivity index (χ0v) is 16.0. The van der Waals surface area contributed by atoms with Gasteiger partial charge in [0.2, 0.25) is 11.6 Å². The second-order valence-electron chi connectivity index (χ2n) is 5.82. The molecular weight excluding hydrogens is 382 g/mol. The van der Waals surface area contributed by atoms with E-state index in [4.69, 9.17) is 16.3 Å². The van der Waals surface area contributed by atoms with Crippen LogP contribution in [0, 0.1) is 17.0 Å². The van der Waals surface area contributed by atoms with Crippen molar-refractivity contribution in [2.75, 3.05) is 17.2 Å². The predicted molar refractivity (Wildman–Crippen MR) is 109 cm³/mol. The normalized spacial score (nSPS) is 10.4. The van der Waals surface area contributed by atoms with Gasteiger partial charge in [-0.15, -0.1) is 0 Å². The first-order valence-corrected chi connectivity index (χ1v) is 8.88. The molecule has 9 heteroatoms. The smallest absolute Gasteiger partial charge is 0.353 e. The standard InChI is InChI=1S/C19H18ClN5O3/c1-3-28-16-7-5-4-6-15(16)24-19-17(25(26)27)18(21-11-22-19)23-14-9-8-13(20)10-12(14)2/h4-11H,3H2,1-2H3,(H2,21,22,23,24). The Labute approximate surface area is 166 Å². The summed E-state index contributed by atoms with van der Waals surface area (Å²) in [5.41, 5.74) is 1.78. The number of aromatic nitrogens is 2. The van der Waals surface area contributed by atoms with Crippen molar-refractivity contribution in [3.63, 3.8) is 0 Å². The van der Waals surface area contributed by atoms with E-state index in [0.717, 1.165) is 5.56 Å². The van der Waals surface area contributed by atoms with Gasteiger partial charge in [0.1, 0.15) is 12.1 Å². The van der Waals surface area contributed by atoms with Crippen molar-refractivity contribution in [1.29, 1.82) is 0 Å². The maximum atomic E-state index is 11.8. The van der Waals surface area contributed by atoms with E-state index in [1.807, 2.05) is 19.9 Å². The number of benzene rings is 2. The molecule has 2 aromatic carbocycles. The van der Waals surface area contributed by atoms with Gasteiger partial charge in [0.25, 0.3) is 0 Å². The molecule has 3 aromatic rings. The van der Waals surface area contributed by atoms with Crippen LogP contribution in [0.1, 0.15) is 12.5 Å². The predicted octanol–water partition coefficient (Wildman–Crippen LogP) is 5.23. The van der Waals surface area contributed by atoms with Crippen molar-refractivity contribution in [1.82, 2.24) is 9.97 Å². The first-order valence-electron chi connectivity index (χ1n) is 8.51. The summed E-state index contributed by atoms with van der Waals surface area (Å²) in [5.74, 6) is 0.698. The lowest BCUT2D eigenvalue weighted by Gasteiger charge is -2.13. The molecule has 0 amide bonds. The van der Waals surface area contributed by atoms with Gasteiger partial charge in [-0.2, -0.15) is 0 Å². The molecule has 144 valence electrons. The van der Waals surface area contributed by atoms with Crippen molar-refractivity contribution < 1.29 is 9.66 Å². The molecule has 0 spiro atoms. The summed E-state index contributed by atoms with van der Waals surface area (Å²) in [7, 11) is 0. The van der Waals surface area contributed by atoms with Gasteiger partial charge in [0, 0.05) is 10.7 Å². The van der Waals surface area contributed by atoms with Gasteiger partial charge < -0.3 is 15.4 Å². The minimum absolute atomic E-state index is 0.0567. The number of nitrogens with one attached hydrogen (secondary N) is 2. The third-order valence-electron chi connectivity index (χ3n) is 3.89. The second-order valence-corrected chi connectivity index (χ2v) is 6.25. The van der Waals surface area contributed by atoms with E-state index >= 15 is 0 Å². The SMILES string of the molecule is CCOc1ccccc1Nc1ncnc(Nc2ccc(Cl)cc2C)c1[N+](=O)[O-]. The molecule has 3 rings (SSSR count). The van der Waals surface area contributed by atoms with Crippen LogP contribution in [0.2, 0.25) is 5.02 Å². The Balaban J connectivity index is 1.99. The van der Waals surface area contributed by atoms with Gasteiger partial charge in [0.15, 0.2) is 0 Å². The molecule has 0 saturated heterocycles. The van der Waals surface area contributed by atoms with Gasteiger partial charge in [-0.1, -0.05) is 23.7 Å². The molecule has 0 radical (unpaired) electrons. The fourth-order valence-electron chi connectivity index (χ4n) is 2.61. The molecule has 1 aromatic heterocycles. The highest BCUT2D eigenvalue weighted by Crippen LogP contribution is 2.36. The van der Waals surface area contributed by atoms with Gasteiger partial charge >= 0.3 is 5.69 Å². The molecule has 1 heterocycles. The van der Waals surface area contributed by atoms with Crippen LogP contribution < -0.4 is 15.4 Å². The highest BCUT2D eigenvalue weighted by molar-refractivity contribution is 6.30. The number of aryl methyl sites for hydroxylation is 1. The minimum Gasteiger partial charge on any atom is -0.492 e. The van der Waals surface area contributed by atoms with Crippen molar-refractivity contribution in [3.05, 3.63) is 69.5 Å². The van der Waals surface area contributed by atoms with Crippen LogP contribution >= 0.6 is 11.6 Å². The molecule has 0 unspecified atom stereocenters. The molecule has 0 atom stereocenters. The Kier molecular flexibility index (Phi) is 5.90. The van der Waals surface area contributed by atoms with Crippen LogP contribution in [0.4, 0.5) is 28.7 Å². The quantitative estimate of drug-likeness (QED) is 0.414. The van der Waals surface area contributed by atoms with Gasteiger partial charge in [-0.05, 0) is 49.7 Å². The average Bonchev–Trinajstić information content (AvgIpc) is 2.66. The van der Waals surface area contributed by atoms with Crippen LogP contribution in [0.15, 0.2) is 48.8 Å². The van der Waals surface area contributed by atoms with E-state index in [1.165, 1.54) is 6.33 Å². The highest BCUT2D eigenvalue weighted by atomic mass is 35.5. The molecule has 8 nitrogen and oxygen atoms in total. The summed E-state index contributed by atoms with van der Waals surface area (Å²) < 4.78 is 5.56. The number of ether oxygens (including phenoxy) is 1. The summed E-state index contributed by atoms with van der Waals surface area (Å²) in [4.78, 5) is 19.3. The fraction of sp³-hybridized carbons (Fsp3) is 0.158. The van der Waals surface area contributed by atoms with E-state index in [1.54, 1.807) is 36.4 Å². The van der Waals surface area contributed by atoms with Gasteiger partial charge in [-0.3, -0.25) is 10.1 Å². The monoisotopic (exact) mass is 399 g/mol. The lowest BCUT2D eigenvalue weighted by atomic mass is 10.2. The molecule has 0 aliphatic carbocycles. The first-order chi connectivity index (χ1) is 13.5. The molecular formula is C19H18ClN5O3. The molecule has 0 aliphatic heterocycles. The summed E-state index contributed by atoms with van der Waals surface area (Å²) in [6, 6.07) is 12.3. The number of nitrogens with zero attached hydrogens (tertiary/aromatic N) is 3. The first kappa shape index (κ1) is 19.4. The van der Waals surface area contributed by atoms with Crippen molar-refractivity contribution >= 4 is 40.3 Å². The topological polar surface area (TPSA) is 102 Å². The summed E-state index contributed by atoms with van der Waals surface area (Å²) in [6.07, 6.45) is 1.26. The zero-order valence-electron chi connectivity index (χ0n) is 15.3. The van der Waals surface area contributed by atoms with Gasteiger partial charge in [0.05, 0.1) is 17.2 Å². The Bertz CT molecular complexity index is 1010. The van der Waals surface area contributed by atoms with E-state index in [2.05, 4.69) is 20.6 Å². The zero-order chi connectivity index (χ0) is 20.1. The van der Waals surface area contributed by atoms with E-state index in [-0.39, 0.29) is 17.3 Å². The Morgan fingerprint density at radius 3 is 2.43 bits per heavy atom. The molecule has 0 fully saturated rings. The third-order valence-corrected chi connectivity index (χ3v) is 4.12. The van der Waals surface area contributed by atoms with Crippen LogP contribution in [0.5, 0.6) is 5.75 Å². The summed E-state index contributed by atoms with van der Waals surface area (Å²) in [5, 5.41) is 18.3. The lowest BCUT2D eigenvalue weighted by molar-refractivity contribution is -0.383. The third kappa shape index (κ3) is 4.29. The number of rotatable bonds is 7. The molecule has 0 aliphatic rings. The van der Waals surface area contributed by atoms with E-state index in [9.17, 15) is 10.1 Å². The van der Waals surface area contributed by atoms with Crippen LogP contribution in [-0.2, 0) is 0 Å². The Morgan fingerprint density at radius 2 is 1.79 bits per heavy atom. The Morgan fingerprint density at radius 1 is 1.11 bits per heavy atom. The average molecular weight is 400 g/mol. The summed E-state index contributed by atoms with van der Waals surface area (Å²) in [6.45, 7) is 4.17. The number of anilines is 4. The maximum absolute atomic E-state index is 11.8. The van der Waals surface area contributed by atoms with Crippen LogP contribution in [0.25, 0.3) is 0 Å². The van der Waals surface area contributed by atoms with Gasteiger partial charge in [-0.25, -0.2) is 9.97 Å². The van der Waals surface area contributed by atoms with Crippen molar-refractivity contribution in [2.45, 2.75) is 13.8 Å². The molecule has 28 heavy (non-hydrogen) atoms. The number of nitro groups is 1. The Hall–Kier alpha value is -3.39. The minimum atomic E-state index is -0.529. The number of hydrogen-bond acceptors (Lipinski definition) is 7. The van der Waals surface area contributed by atoms with Crippen LogP contribution in [0.3, 0.4) is 0 Å². The number of halogens is 1. The largest absolute Gasteiger partial charge is 0.492 e. The van der Waals surface area contributed by atoms with Crippen molar-refractivity contribution in [3.8, 4) is 5.75 Å². The lowest BCUT2D eigenvalue weighted by Crippen LogP contribution is -2.06. The highest BCUT2D eigenvalue weighted by Gasteiger charge is 2.24.